The summed E-state index contributed by atoms with van der Waals surface area (Å²) in [4.78, 5) is 13.4. The van der Waals surface area contributed by atoms with E-state index in [0.717, 1.165) is 24.8 Å². The third-order valence-electron chi connectivity index (χ3n) is 6.66. The molecule has 0 aromatic heterocycles. The fraction of sp³-hybridized carbons (Fsp3) is 0.296. The van der Waals surface area contributed by atoms with Crippen molar-refractivity contribution >= 4 is 21.6 Å². The average Bonchev–Trinajstić information content (AvgIpc) is 3.36. The van der Waals surface area contributed by atoms with Crippen molar-refractivity contribution in [3.05, 3.63) is 83.4 Å². The number of nitrogens with one attached hydrogen (secondary N) is 1. The number of aryl methyl sites for hydroxylation is 2. The predicted molar refractivity (Wildman–Crippen MR) is 133 cm³/mol. The summed E-state index contributed by atoms with van der Waals surface area (Å²) in [6, 6.07) is 19.2. The van der Waals surface area contributed by atoms with Gasteiger partial charge in [-0.2, -0.15) is 0 Å². The number of sulfonamides is 1. The molecule has 35 heavy (non-hydrogen) atoms. The largest absolute Gasteiger partial charge is 0.497 e. The van der Waals surface area contributed by atoms with E-state index in [-0.39, 0.29) is 23.4 Å². The standard InChI is InChI=1S/C27H28N2O5S/c1-18(20-11-10-19-6-5-7-21(19)16-20)28-27(30)26-17-29(24-8-3-4-9-25(24)34-26)35(31,32)23-14-12-22(33-2)13-15-23/h3-4,8-16,18,26H,5-7,17H2,1-2H3,(H,28,30)/t18-,26-/m0/s1. The zero-order valence-electron chi connectivity index (χ0n) is 19.7. The van der Waals surface area contributed by atoms with E-state index < -0.39 is 16.1 Å². The second-order valence-corrected chi connectivity index (χ2v) is 10.8. The van der Waals surface area contributed by atoms with Crippen LogP contribution in [0.5, 0.6) is 11.5 Å². The van der Waals surface area contributed by atoms with Gasteiger partial charge in [-0.1, -0.05) is 30.3 Å². The third-order valence-corrected chi connectivity index (χ3v) is 8.45. The molecule has 182 valence electrons. The highest BCUT2D eigenvalue weighted by Crippen LogP contribution is 2.37. The van der Waals surface area contributed by atoms with E-state index in [4.69, 9.17) is 9.47 Å². The molecule has 1 amide bonds. The highest BCUT2D eigenvalue weighted by Gasteiger charge is 2.37. The fourth-order valence-corrected chi connectivity index (χ4v) is 6.17. The maximum absolute atomic E-state index is 13.6. The SMILES string of the molecule is COc1ccc(S(=O)(=O)N2C[C@@H](C(=O)N[C@@H](C)c3ccc4c(c3)CCC4)Oc3ccccc32)cc1. The minimum atomic E-state index is -3.94. The summed E-state index contributed by atoms with van der Waals surface area (Å²) in [5, 5.41) is 3.01. The van der Waals surface area contributed by atoms with E-state index in [2.05, 4.69) is 17.4 Å². The quantitative estimate of drug-likeness (QED) is 0.562. The van der Waals surface area contributed by atoms with Gasteiger partial charge in [0.05, 0.1) is 30.3 Å². The number of carbonyl (C=O) groups is 1. The molecule has 2 aliphatic rings. The molecule has 0 radical (unpaired) electrons. The lowest BCUT2D eigenvalue weighted by molar-refractivity contribution is -0.128. The van der Waals surface area contributed by atoms with Gasteiger partial charge in [0.2, 0.25) is 0 Å². The molecule has 0 bridgehead atoms. The molecule has 0 saturated heterocycles. The third kappa shape index (κ3) is 4.46. The second kappa shape index (κ2) is 9.26. The Morgan fingerprint density at radius 3 is 2.57 bits per heavy atom. The van der Waals surface area contributed by atoms with Crippen LogP contribution < -0.4 is 19.1 Å². The molecule has 1 N–H and O–H groups in total. The van der Waals surface area contributed by atoms with Crippen molar-refractivity contribution in [2.45, 2.75) is 43.2 Å². The number of benzene rings is 3. The highest BCUT2D eigenvalue weighted by atomic mass is 32.2. The molecule has 3 aromatic rings. The van der Waals surface area contributed by atoms with Crippen molar-refractivity contribution in [2.75, 3.05) is 18.0 Å². The maximum atomic E-state index is 13.6. The summed E-state index contributed by atoms with van der Waals surface area (Å²) in [6.07, 6.45) is 2.33. The number of ether oxygens (including phenoxy) is 2. The molecule has 0 fully saturated rings. The zero-order valence-corrected chi connectivity index (χ0v) is 20.5. The first-order valence-corrected chi connectivity index (χ1v) is 13.2. The van der Waals surface area contributed by atoms with Crippen LogP contribution in [0, 0.1) is 0 Å². The van der Waals surface area contributed by atoms with Crippen LogP contribution in [-0.4, -0.2) is 34.1 Å². The predicted octanol–water partition coefficient (Wildman–Crippen LogP) is 4.02. The smallest absolute Gasteiger partial charge is 0.264 e. The van der Waals surface area contributed by atoms with Gasteiger partial charge in [0.25, 0.3) is 15.9 Å². The van der Waals surface area contributed by atoms with Gasteiger partial charge in [0.15, 0.2) is 6.10 Å². The molecule has 3 aromatic carbocycles. The van der Waals surface area contributed by atoms with Crippen LogP contribution in [0.2, 0.25) is 0 Å². The molecule has 2 atom stereocenters. The number of carbonyl (C=O) groups excluding carboxylic acids is 1. The van der Waals surface area contributed by atoms with E-state index in [1.54, 1.807) is 36.4 Å². The van der Waals surface area contributed by atoms with Crippen LogP contribution in [0.15, 0.2) is 71.6 Å². The van der Waals surface area contributed by atoms with Crippen molar-refractivity contribution in [3.63, 3.8) is 0 Å². The van der Waals surface area contributed by atoms with Crippen LogP contribution in [-0.2, 0) is 27.7 Å². The normalized spacial score (nSPS) is 17.7. The highest BCUT2D eigenvalue weighted by molar-refractivity contribution is 7.92. The molecule has 5 rings (SSSR count). The number of fused-ring (bicyclic) bond motifs is 2. The van der Waals surface area contributed by atoms with Crippen LogP contribution in [0.4, 0.5) is 5.69 Å². The molecule has 0 saturated carbocycles. The lowest BCUT2D eigenvalue weighted by Gasteiger charge is -2.35. The Hall–Kier alpha value is -3.52. The number of nitrogens with zero attached hydrogens (tertiary/aromatic N) is 1. The van der Waals surface area contributed by atoms with Gasteiger partial charge in [-0.25, -0.2) is 8.42 Å². The molecule has 1 aliphatic carbocycles. The Balaban J connectivity index is 1.39. The lowest BCUT2D eigenvalue weighted by atomic mass is 10.0. The van der Waals surface area contributed by atoms with Gasteiger partial charge in [0.1, 0.15) is 11.5 Å². The van der Waals surface area contributed by atoms with Crippen LogP contribution in [0.1, 0.15) is 36.1 Å². The first kappa shape index (κ1) is 23.2. The Labute approximate surface area is 205 Å². The number of amides is 1. The minimum Gasteiger partial charge on any atom is -0.497 e. The summed E-state index contributed by atoms with van der Waals surface area (Å²) in [6.45, 7) is 1.80. The lowest BCUT2D eigenvalue weighted by Crippen LogP contribution is -2.51. The monoisotopic (exact) mass is 492 g/mol. The average molecular weight is 493 g/mol. The van der Waals surface area contributed by atoms with Gasteiger partial charge >= 0.3 is 0 Å². The van der Waals surface area contributed by atoms with Crippen LogP contribution in [0.3, 0.4) is 0 Å². The fourth-order valence-electron chi connectivity index (χ4n) is 4.69. The van der Waals surface area contributed by atoms with Crippen molar-refractivity contribution in [2.24, 2.45) is 0 Å². The van der Waals surface area contributed by atoms with E-state index in [1.165, 1.54) is 34.7 Å². The molecule has 7 nitrogen and oxygen atoms in total. The van der Waals surface area contributed by atoms with E-state index in [1.807, 2.05) is 13.0 Å². The molecular formula is C27H28N2O5S. The summed E-state index contributed by atoms with van der Waals surface area (Å²) >= 11 is 0. The molecular weight excluding hydrogens is 464 g/mol. The van der Waals surface area contributed by atoms with Gasteiger partial charge in [-0.3, -0.25) is 9.10 Å². The van der Waals surface area contributed by atoms with Gasteiger partial charge < -0.3 is 14.8 Å². The molecule has 1 aliphatic heterocycles. The summed E-state index contributed by atoms with van der Waals surface area (Å²) in [7, 11) is -2.41. The number of anilines is 1. The van der Waals surface area contributed by atoms with E-state index in [0.29, 0.717) is 17.2 Å². The maximum Gasteiger partial charge on any atom is 0.264 e. The van der Waals surface area contributed by atoms with Crippen molar-refractivity contribution < 1.29 is 22.7 Å². The number of hydrogen-bond donors (Lipinski definition) is 1. The number of hydrogen-bond acceptors (Lipinski definition) is 5. The topological polar surface area (TPSA) is 84.9 Å². The zero-order chi connectivity index (χ0) is 24.6. The Bertz CT molecular complexity index is 1350. The van der Waals surface area contributed by atoms with Crippen molar-refractivity contribution in [1.29, 1.82) is 0 Å². The van der Waals surface area contributed by atoms with E-state index >= 15 is 0 Å². The minimum absolute atomic E-state index is 0.112. The van der Waals surface area contributed by atoms with Gasteiger partial charge in [0, 0.05) is 0 Å². The Morgan fingerprint density at radius 2 is 1.80 bits per heavy atom. The molecule has 0 unspecified atom stereocenters. The molecule has 0 spiro atoms. The van der Waals surface area contributed by atoms with Crippen molar-refractivity contribution in [1.82, 2.24) is 5.32 Å². The number of rotatable bonds is 6. The molecule has 8 heteroatoms. The van der Waals surface area contributed by atoms with Gasteiger partial charge in [-0.15, -0.1) is 0 Å². The van der Waals surface area contributed by atoms with Crippen molar-refractivity contribution in [3.8, 4) is 11.5 Å². The number of para-hydroxylation sites is 2. The first-order chi connectivity index (χ1) is 16.9. The summed E-state index contributed by atoms with van der Waals surface area (Å²) in [5.74, 6) is 0.549. The Morgan fingerprint density at radius 1 is 1.06 bits per heavy atom. The summed E-state index contributed by atoms with van der Waals surface area (Å²) < 4.78 is 39.5. The molecule has 1 heterocycles. The first-order valence-electron chi connectivity index (χ1n) is 11.7. The second-order valence-electron chi connectivity index (χ2n) is 8.90. The van der Waals surface area contributed by atoms with Gasteiger partial charge in [-0.05, 0) is 79.3 Å². The number of methoxy groups -OCH3 is 1. The Kier molecular flexibility index (Phi) is 6.15. The summed E-state index contributed by atoms with van der Waals surface area (Å²) in [5.41, 5.74) is 4.14. The van der Waals surface area contributed by atoms with E-state index in [9.17, 15) is 13.2 Å². The van der Waals surface area contributed by atoms with Crippen LogP contribution >= 0.6 is 0 Å². The van der Waals surface area contributed by atoms with Crippen LogP contribution in [0.25, 0.3) is 0 Å².